The van der Waals surface area contributed by atoms with Crippen LogP contribution < -0.4 is 0 Å². The van der Waals surface area contributed by atoms with E-state index >= 15 is 0 Å². The normalized spacial score (nSPS) is 21.5. The van der Waals surface area contributed by atoms with Crippen LogP contribution in [0.15, 0.2) is 21.5 Å². The third kappa shape index (κ3) is 2.10. The average Bonchev–Trinajstić information content (AvgIpc) is 2.25. The summed E-state index contributed by atoms with van der Waals surface area (Å²) in [5.74, 6) is -0.351. The predicted molar refractivity (Wildman–Crippen MR) is 54.5 cm³/mol. The maximum absolute atomic E-state index is 13.4. The van der Waals surface area contributed by atoms with Crippen molar-refractivity contribution in [1.29, 1.82) is 0 Å². The summed E-state index contributed by atoms with van der Waals surface area (Å²) in [4.78, 5) is 0.613. The lowest BCUT2D eigenvalue weighted by Gasteiger charge is -2.06. The van der Waals surface area contributed by atoms with E-state index in [1.54, 1.807) is 6.07 Å². The Morgan fingerprint density at radius 3 is 3.07 bits per heavy atom. The number of halogens is 3. The van der Waals surface area contributed by atoms with Crippen LogP contribution in [0.25, 0.3) is 0 Å². The fourth-order valence-corrected chi connectivity index (χ4v) is 2.77. The van der Waals surface area contributed by atoms with Gasteiger partial charge in [-0.2, -0.15) is 0 Å². The first-order valence-corrected chi connectivity index (χ1v) is 5.70. The highest BCUT2D eigenvalue weighted by Gasteiger charge is 2.20. The molecule has 5 heteroatoms. The van der Waals surface area contributed by atoms with Gasteiger partial charge in [0.25, 0.3) is 0 Å². The maximum atomic E-state index is 13.4. The Labute approximate surface area is 93.0 Å². The smallest absolute Gasteiger partial charge is 0.173 e. The zero-order valence-electron chi connectivity index (χ0n) is 7.10. The molecule has 0 amide bonds. The summed E-state index contributed by atoms with van der Waals surface area (Å²) in [6.07, 6.45) is 0. The third-order valence-electron chi connectivity index (χ3n) is 1.87. The van der Waals surface area contributed by atoms with Crippen molar-refractivity contribution in [2.24, 2.45) is 0 Å². The molecule has 1 aromatic carbocycles. The molecule has 1 aliphatic heterocycles. The van der Waals surface area contributed by atoms with E-state index in [0.29, 0.717) is 14.9 Å². The summed E-state index contributed by atoms with van der Waals surface area (Å²) in [5.41, 5.74) is -0.678. The minimum Gasteiger partial charge on any atom is -0.373 e. The molecular weight excluding hydrogens is 274 g/mol. The zero-order valence-corrected chi connectivity index (χ0v) is 9.50. The molecule has 1 nitrogen and oxygen atoms in total. The van der Waals surface area contributed by atoms with Crippen molar-refractivity contribution in [2.45, 2.75) is 17.0 Å². The van der Waals surface area contributed by atoms with Gasteiger partial charge in [-0.3, -0.25) is 0 Å². The number of hydrogen-bond acceptors (Lipinski definition) is 2. The topological polar surface area (TPSA) is 9.23 Å². The second-order valence-electron chi connectivity index (χ2n) is 2.91. The average molecular weight is 281 g/mol. The molecule has 0 aliphatic carbocycles. The van der Waals surface area contributed by atoms with Crippen molar-refractivity contribution in [3.05, 3.63) is 28.0 Å². The van der Waals surface area contributed by atoms with E-state index < -0.39 is 5.50 Å². The molecule has 1 unspecified atom stereocenters. The van der Waals surface area contributed by atoms with Gasteiger partial charge in [0, 0.05) is 14.9 Å². The van der Waals surface area contributed by atoms with Crippen LogP contribution in [-0.2, 0) is 11.3 Å². The predicted octanol–water partition coefficient (Wildman–Crippen LogP) is 3.51. The molecular formula is C9H7BrF2OS. The Bertz CT molecular complexity index is 359. The molecule has 1 heterocycles. The standard InChI is InChI=1S/C9H7BrF2OS/c10-5-1-7(11)6-3-13-4-9(12)14-8(6)2-5/h1-2,9H,3-4H2. The minimum atomic E-state index is -1.12. The van der Waals surface area contributed by atoms with Crippen LogP contribution in [0.2, 0.25) is 0 Å². The number of thioether (sulfide) groups is 1. The van der Waals surface area contributed by atoms with E-state index in [2.05, 4.69) is 15.9 Å². The highest BCUT2D eigenvalue weighted by Crippen LogP contribution is 2.35. The third-order valence-corrected chi connectivity index (χ3v) is 3.34. The number of benzene rings is 1. The fourth-order valence-electron chi connectivity index (χ4n) is 1.25. The molecule has 0 saturated heterocycles. The largest absolute Gasteiger partial charge is 0.373 e. The molecule has 0 aromatic heterocycles. The van der Waals surface area contributed by atoms with E-state index in [0.717, 1.165) is 11.8 Å². The van der Waals surface area contributed by atoms with Crippen molar-refractivity contribution in [3.63, 3.8) is 0 Å². The molecule has 2 rings (SSSR count). The van der Waals surface area contributed by atoms with E-state index in [4.69, 9.17) is 4.74 Å². The van der Waals surface area contributed by atoms with Crippen molar-refractivity contribution < 1.29 is 13.5 Å². The number of hydrogen-bond donors (Lipinski definition) is 0. The Balaban J connectivity index is 2.45. The first-order valence-electron chi connectivity index (χ1n) is 4.03. The Kier molecular flexibility index (Phi) is 3.09. The number of ether oxygens (including phenoxy) is 1. The van der Waals surface area contributed by atoms with Gasteiger partial charge in [0.2, 0.25) is 0 Å². The van der Waals surface area contributed by atoms with Gasteiger partial charge in [0.1, 0.15) is 5.82 Å². The van der Waals surface area contributed by atoms with Crippen molar-refractivity contribution in [2.75, 3.05) is 6.61 Å². The summed E-state index contributed by atoms with van der Waals surface area (Å²) in [6, 6.07) is 3.08. The quantitative estimate of drug-likeness (QED) is 0.719. The first-order chi connectivity index (χ1) is 6.66. The van der Waals surface area contributed by atoms with Crippen LogP contribution in [0.3, 0.4) is 0 Å². The number of alkyl halides is 1. The monoisotopic (exact) mass is 280 g/mol. The van der Waals surface area contributed by atoms with Gasteiger partial charge in [0.15, 0.2) is 5.50 Å². The Morgan fingerprint density at radius 1 is 1.50 bits per heavy atom. The zero-order chi connectivity index (χ0) is 10.1. The second kappa shape index (κ2) is 4.16. The number of rotatable bonds is 0. The second-order valence-corrected chi connectivity index (χ2v) is 5.01. The first kappa shape index (κ1) is 10.4. The summed E-state index contributed by atoms with van der Waals surface area (Å²) in [5, 5.41) is 0. The van der Waals surface area contributed by atoms with Crippen molar-refractivity contribution >= 4 is 27.7 Å². The lowest BCUT2D eigenvalue weighted by molar-refractivity contribution is 0.0968. The molecule has 76 valence electrons. The summed E-state index contributed by atoms with van der Waals surface area (Å²) < 4.78 is 32.1. The van der Waals surface area contributed by atoms with E-state index in [9.17, 15) is 8.78 Å². The molecule has 1 atom stereocenters. The molecule has 0 fully saturated rings. The Hall–Kier alpha value is -0.130. The SMILES string of the molecule is Fc1cc(Br)cc2c1COCC(F)S2. The van der Waals surface area contributed by atoms with E-state index in [-0.39, 0.29) is 19.0 Å². The summed E-state index contributed by atoms with van der Waals surface area (Å²) >= 11 is 4.17. The molecule has 0 N–H and O–H groups in total. The van der Waals surface area contributed by atoms with Gasteiger partial charge in [-0.1, -0.05) is 27.7 Å². The van der Waals surface area contributed by atoms with Crippen LogP contribution in [-0.4, -0.2) is 12.1 Å². The summed E-state index contributed by atoms with van der Waals surface area (Å²) in [7, 11) is 0. The molecule has 1 aromatic rings. The molecule has 0 spiro atoms. The number of fused-ring (bicyclic) bond motifs is 1. The van der Waals surface area contributed by atoms with Crippen LogP contribution in [0.5, 0.6) is 0 Å². The van der Waals surface area contributed by atoms with E-state index in [1.165, 1.54) is 6.07 Å². The van der Waals surface area contributed by atoms with Crippen molar-refractivity contribution in [3.8, 4) is 0 Å². The molecule has 0 bridgehead atoms. The van der Waals surface area contributed by atoms with Crippen LogP contribution in [0, 0.1) is 5.82 Å². The molecule has 1 aliphatic rings. The van der Waals surface area contributed by atoms with E-state index in [1.807, 2.05) is 0 Å². The van der Waals surface area contributed by atoms with Crippen LogP contribution in [0.1, 0.15) is 5.56 Å². The van der Waals surface area contributed by atoms with Gasteiger partial charge in [-0.15, -0.1) is 0 Å². The fraction of sp³-hybridized carbons (Fsp3) is 0.333. The molecule has 0 saturated carbocycles. The summed E-state index contributed by atoms with van der Waals surface area (Å²) in [6.45, 7) is 0.151. The molecule has 14 heavy (non-hydrogen) atoms. The van der Waals surface area contributed by atoms with Gasteiger partial charge < -0.3 is 4.74 Å². The van der Waals surface area contributed by atoms with Gasteiger partial charge >= 0.3 is 0 Å². The lowest BCUT2D eigenvalue weighted by Crippen LogP contribution is -2.01. The lowest BCUT2D eigenvalue weighted by atomic mass is 10.2. The van der Waals surface area contributed by atoms with Crippen LogP contribution >= 0.6 is 27.7 Å². The minimum absolute atomic E-state index is 0.0103. The highest BCUT2D eigenvalue weighted by atomic mass is 79.9. The van der Waals surface area contributed by atoms with Gasteiger partial charge in [-0.25, -0.2) is 8.78 Å². The van der Waals surface area contributed by atoms with Gasteiger partial charge in [0.05, 0.1) is 13.2 Å². The highest BCUT2D eigenvalue weighted by molar-refractivity contribution is 9.10. The maximum Gasteiger partial charge on any atom is 0.173 e. The van der Waals surface area contributed by atoms with Crippen molar-refractivity contribution in [1.82, 2.24) is 0 Å². The molecule has 0 radical (unpaired) electrons. The van der Waals surface area contributed by atoms with Crippen LogP contribution in [0.4, 0.5) is 8.78 Å². The Morgan fingerprint density at radius 2 is 2.29 bits per heavy atom. The van der Waals surface area contributed by atoms with Gasteiger partial charge in [-0.05, 0) is 12.1 Å².